The Labute approximate surface area is 119 Å². The molecule has 102 valence electrons. The number of ketones is 1. The molecule has 0 bridgehead atoms. The summed E-state index contributed by atoms with van der Waals surface area (Å²) in [5.41, 5.74) is 0.379. The average molecular weight is 293 g/mol. The van der Waals surface area contributed by atoms with Crippen LogP contribution in [-0.4, -0.2) is 22.3 Å². The molecular weight excluding hydrogens is 284 g/mol. The topological polar surface area (TPSA) is 82.3 Å². The number of halogens is 1. The number of hydrogen-bond acceptors (Lipinski definition) is 5. The number of benzene rings is 1. The van der Waals surface area contributed by atoms with Crippen LogP contribution in [0.15, 0.2) is 42.6 Å². The lowest BCUT2D eigenvalue weighted by Crippen LogP contribution is -2.12. The second-order valence-corrected chi connectivity index (χ2v) is 4.24. The molecule has 0 saturated carbocycles. The van der Waals surface area contributed by atoms with Crippen molar-refractivity contribution in [2.75, 3.05) is 6.61 Å². The van der Waals surface area contributed by atoms with Crippen LogP contribution in [-0.2, 0) is 0 Å². The van der Waals surface area contributed by atoms with E-state index in [1.54, 1.807) is 18.2 Å². The van der Waals surface area contributed by atoms with E-state index < -0.39 is 10.7 Å². The molecule has 0 aliphatic rings. The maximum Gasteiger partial charge on any atom is 0.406 e. The van der Waals surface area contributed by atoms with E-state index in [9.17, 15) is 14.9 Å². The summed E-state index contributed by atoms with van der Waals surface area (Å²) >= 11 is 5.78. The molecule has 0 aliphatic heterocycles. The molecule has 0 aliphatic carbocycles. The molecule has 0 fully saturated rings. The van der Waals surface area contributed by atoms with Crippen LogP contribution < -0.4 is 4.74 Å². The first-order chi connectivity index (χ1) is 9.58. The molecule has 1 heterocycles. The van der Waals surface area contributed by atoms with Crippen LogP contribution in [0.3, 0.4) is 0 Å². The van der Waals surface area contributed by atoms with Crippen LogP contribution in [0.4, 0.5) is 5.82 Å². The van der Waals surface area contributed by atoms with Crippen molar-refractivity contribution in [3.63, 3.8) is 0 Å². The number of nitro groups is 1. The zero-order valence-electron chi connectivity index (χ0n) is 10.2. The number of nitrogens with zero attached hydrogens (tertiary/aromatic N) is 2. The van der Waals surface area contributed by atoms with Gasteiger partial charge in [-0.15, -0.1) is 0 Å². The minimum absolute atomic E-state index is 0.0483. The predicted molar refractivity (Wildman–Crippen MR) is 72.2 cm³/mol. The van der Waals surface area contributed by atoms with Crippen molar-refractivity contribution in [1.82, 2.24) is 4.98 Å². The molecule has 0 saturated heterocycles. The van der Waals surface area contributed by atoms with Crippen LogP contribution in [0.2, 0.25) is 5.02 Å². The fraction of sp³-hybridized carbons (Fsp3) is 0.0769. The molecule has 0 amide bonds. The highest BCUT2D eigenvalue weighted by Gasteiger charge is 2.17. The normalized spacial score (nSPS) is 10.1. The number of pyridine rings is 1. The molecular formula is C13H9ClN2O4. The van der Waals surface area contributed by atoms with Gasteiger partial charge in [0.1, 0.15) is 6.20 Å². The van der Waals surface area contributed by atoms with Gasteiger partial charge in [-0.1, -0.05) is 23.7 Å². The van der Waals surface area contributed by atoms with E-state index in [1.807, 2.05) is 0 Å². The van der Waals surface area contributed by atoms with Gasteiger partial charge in [0.05, 0.1) is 0 Å². The molecule has 1 aromatic carbocycles. The monoisotopic (exact) mass is 292 g/mol. The minimum Gasteiger partial charge on any atom is -0.477 e. The summed E-state index contributed by atoms with van der Waals surface area (Å²) in [7, 11) is 0. The van der Waals surface area contributed by atoms with Gasteiger partial charge in [-0.05, 0) is 34.2 Å². The Kier molecular flexibility index (Phi) is 4.27. The van der Waals surface area contributed by atoms with Crippen molar-refractivity contribution < 1.29 is 14.5 Å². The quantitative estimate of drug-likeness (QED) is 0.481. The number of ether oxygens (including phenoxy) is 1. The summed E-state index contributed by atoms with van der Waals surface area (Å²) in [4.78, 5) is 25.5. The van der Waals surface area contributed by atoms with Gasteiger partial charge in [-0.3, -0.25) is 4.79 Å². The molecule has 2 rings (SSSR count). The van der Waals surface area contributed by atoms with E-state index in [1.165, 1.54) is 24.4 Å². The van der Waals surface area contributed by atoms with Gasteiger partial charge < -0.3 is 14.9 Å². The second-order valence-electron chi connectivity index (χ2n) is 3.80. The van der Waals surface area contributed by atoms with Gasteiger partial charge in [-0.25, -0.2) is 0 Å². The predicted octanol–water partition coefficient (Wildman–Crippen LogP) is 2.90. The molecule has 20 heavy (non-hydrogen) atoms. The van der Waals surface area contributed by atoms with E-state index in [4.69, 9.17) is 16.3 Å². The number of hydrogen-bond donors (Lipinski definition) is 0. The van der Waals surface area contributed by atoms with Crippen LogP contribution in [0.25, 0.3) is 0 Å². The summed E-state index contributed by atoms with van der Waals surface area (Å²) in [5, 5.41) is 11.2. The maximum atomic E-state index is 11.9. The zero-order valence-corrected chi connectivity index (χ0v) is 10.9. The van der Waals surface area contributed by atoms with Crippen molar-refractivity contribution in [1.29, 1.82) is 0 Å². The maximum absolute atomic E-state index is 11.9. The van der Waals surface area contributed by atoms with Crippen molar-refractivity contribution >= 4 is 23.2 Å². The lowest BCUT2D eigenvalue weighted by molar-refractivity contribution is -0.390. The summed E-state index contributed by atoms with van der Waals surface area (Å²) in [5.74, 6) is -0.801. The standard InChI is InChI=1S/C13H9ClN2O4/c14-10-4-1-3-9(7-10)11(17)8-20-12-5-2-6-15-13(12)16(18)19/h1-7H,8H2. The highest BCUT2D eigenvalue weighted by atomic mass is 35.5. The Bertz CT molecular complexity index is 660. The molecule has 1 aromatic heterocycles. The summed E-state index contributed by atoms with van der Waals surface area (Å²) in [6.45, 7) is -0.327. The molecule has 6 nitrogen and oxygen atoms in total. The van der Waals surface area contributed by atoms with Crippen LogP contribution in [0.1, 0.15) is 10.4 Å². The third-order valence-electron chi connectivity index (χ3n) is 2.43. The lowest BCUT2D eigenvalue weighted by Gasteiger charge is -2.05. The van der Waals surface area contributed by atoms with Crippen LogP contribution >= 0.6 is 11.6 Å². The first kappa shape index (κ1) is 14.0. The third kappa shape index (κ3) is 3.30. The molecule has 0 spiro atoms. The number of carbonyl (C=O) groups is 1. The highest BCUT2D eigenvalue weighted by Crippen LogP contribution is 2.23. The van der Waals surface area contributed by atoms with Gasteiger partial charge in [0.25, 0.3) is 0 Å². The van der Waals surface area contributed by atoms with Crippen molar-refractivity contribution in [3.8, 4) is 5.75 Å². The molecule has 0 radical (unpaired) electrons. The first-order valence-electron chi connectivity index (χ1n) is 5.59. The van der Waals surface area contributed by atoms with E-state index in [0.29, 0.717) is 10.6 Å². The number of carbonyl (C=O) groups excluding carboxylic acids is 1. The summed E-state index contributed by atoms with van der Waals surface area (Å²) in [6.07, 6.45) is 1.28. The van der Waals surface area contributed by atoms with Crippen LogP contribution in [0.5, 0.6) is 5.75 Å². The smallest absolute Gasteiger partial charge is 0.406 e. The Morgan fingerprint density at radius 2 is 2.15 bits per heavy atom. The molecule has 0 N–H and O–H groups in total. The number of Topliss-reactive ketones (excluding diaryl/α,β-unsaturated/α-hetero) is 1. The second kappa shape index (κ2) is 6.12. The average Bonchev–Trinajstić information content (AvgIpc) is 2.45. The first-order valence-corrected chi connectivity index (χ1v) is 5.96. The molecule has 0 unspecified atom stereocenters. The van der Waals surface area contributed by atoms with E-state index in [-0.39, 0.29) is 18.1 Å². The number of aromatic nitrogens is 1. The summed E-state index contributed by atoms with van der Waals surface area (Å²) < 4.78 is 5.16. The van der Waals surface area contributed by atoms with E-state index >= 15 is 0 Å². The molecule has 0 atom stereocenters. The van der Waals surface area contributed by atoms with Crippen LogP contribution in [0, 0.1) is 10.1 Å². The summed E-state index contributed by atoms with van der Waals surface area (Å²) in [6, 6.07) is 9.26. The molecule has 2 aromatic rings. The Morgan fingerprint density at radius 3 is 2.85 bits per heavy atom. The van der Waals surface area contributed by atoms with E-state index in [2.05, 4.69) is 4.98 Å². The third-order valence-corrected chi connectivity index (χ3v) is 2.66. The molecule has 7 heteroatoms. The van der Waals surface area contributed by atoms with Crippen molar-refractivity contribution in [2.45, 2.75) is 0 Å². The van der Waals surface area contributed by atoms with Crippen molar-refractivity contribution in [2.24, 2.45) is 0 Å². The minimum atomic E-state index is -0.667. The zero-order chi connectivity index (χ0) is 14.5. The highest BCUT2D eigenvalue weighted by molar-refractivity contribution is 6.31. The van der Waals surface area contributed by atoms with Gasteiger partial charge in [0.2, 0.25) is 5.75 Å². The Balaban J connectivity index is 2.09. The van der Waals surface area contributed by atoms with Gasteiger partial charge in [-0.2, -0.15) is 0 Å². The fourth-order valence-electron chi connectivity index (χ4n) is 1.52. The van der Waals surface area contributed by atoms with Gasteiger partial charge >= 0.3 is 5.82 Å². The van der Waals surface area contributed by atoms with Gasteiger partial charge in [0.15, 0.2) is 12.4 Å². The SMILES string of the molecule is O=C(COc1cccnc1[N+](=O)[O-])c1cccc(Cl)c1. The Morgan fingerprint density at radius 1 is 1.35 bits per heavy atom. The largest absolute Gasteiger partial charge is 0.477 e. The lowest BCUT2D eigenvalue weighted by atomic mass is 10.1. The fourth-order valence-corrected chi connectivity index (χ4v) is 1.71. The number of rotatable bonds is 5. The van der Waals surface area contributed by atoms with E-state index in [0.717, 1.165) is 0 Å². The Hall–Kier alpha value is -2.47. The van der Waals surface area contributed by atoms with Gasteiger partial charge in [0, 0.05) is 10.6 Å². The van der Waals surface area contributed by atoms with Crippen molar-refractivity contribution in [3.05, 3.63) is 63.3 Å².